The first kappa shape index (κ1) is 15.9. The van der Waals surface area contributed by atoms with Crippen LogP contribution in [-0.4, -0.2) is 5.78 Å². The average Bonchev–Trinajstić information content (AvgIpc) is 2.71. The van der Waals surface area contributed by atoms with Crippen LogP contribution in [0.5, 0.6) is 0 Å². The van der Waals surface area contributed by atoms with Crippen LogP contribution in [0.2, 0.25) is 0 Å². The lowest BCUT2D eigenvalue weighted by atomic mass is 9.44. The van der Waals surface area contributed by atoms with Crippen molar-refractivity contribution in [1.82, 2.24) is 0 Å². The number of fused-ring (bicyclic) bond motifs is 5. The second-order valence-corrected chi connectivity index (χ2v) is 10.3. The fraction of sp³-hybridized carbons (Fsp3) is 0.864. The van der Waals surface area contributed by atoms with Crippen LogP contribution in [0.1, 0.15) is 79.6 Å². The number of allylic oxidation sites excluding steroid dienone is 1. The van der Waals surface area contributed by atoms with Crippen LogP contribution < -0.4 is 0 Å². The van der Waals surface area contributed by atoms with E-state index in [-0.39, 0.29) is 0 Å². The van der Waals surface area contributed by atoms with E-state index in [4.69, 9.17) is 0 Å². The molecule has 128 valence electrons. The zero-order valence-electron chi connectivity index (χ0n) is 15.7. The van der Waals surface area contributed by atoms with Crippen LogP contribution in [0.4, 0.5) is 0 Å². The minimum Gasteiger partial charge on any atom is -0.295 e. The second kappa shape index (κ2) is 4.73. The quantitative estimate of drug-likeness (QED) is 0.553. The maximum absolute atomic E-state index is 12.1. The molecule has 23 heavy (non-hydrogen) atoms. The zero-order valence-corrected chi connectivity index (χ0v) is 15.7. The Bertz CT molecular complexity index is 571. The van der Waals surface area contributed by atoms with Gasteiger partial charge in [0.2, 0.25) is 0 Å². The van der Waals surface area contributed by atoms with Gasteiger partial charge in [0.1, 0.15) is 0 Å². The van der Waals surface area contributed by atoms with Gasteiger partial charge < -0.3 is 0 Å². The summed E-state index contributed by atoms with van der Waals surface area (Å²) < 4.78 is 0. The predicted molar refractivity (Wildman–Crippen MR) is 95.0 cm³/mol. The Kier molecular flexibility index (Phi) is 3.27. The smallest absolute Gasteiger partial charge is 0.155 e. The van der Waals surface area contributed by atoms with Gasteiger partial charge in [-0.2, -0.15) is 0 Å². The van der Waals surface area contributed by atoms with Crippen molar-refractivity contribution < 1.29 is 4.79 Å². The maximum Gasteiger partial charge on any atom is 0.155 e. The van der Waals surface area contributed by atoms with Gasteiger partial charge in [-0.1, -0.05) is 40.2 Å². The number of carbonyl (C=O) groups excluding carboxylic acids is 1. The summed E-state index contributed by atoms with van der Waals surface area (Å²) in [5.41, 5.74) is 2.85. The molecule has 0 bridgehead atoms. The molecule has 3 fully saturated rings. The molecule has 0 aromatic carbocycles. The summed E-state index contributed by atoms with van der Waals surface area (Å²) in [6.07, 6.45) is 11.0. The lowest BCUT2D eigenvalue weighted by Gasteiger charge is -2.60. The van der Waals surface area contributed by atoms with Crippen LogP contribution in [0.15, 0.2) is 11.6 Å². The predicted octanol–water partition coefficient (Wildman–Crippen LogP) is 5.79. The fourth-order valence-electron chi connectivity index (χ4n) is 7.44. The topological polar surface area (TPSA) is 17.1 Å². The van der Waals surface area contributed by atoms with E-state index in [9.17, 15) is 4.79 Å². The molecule has 4 rings (SSSR count). The van der Waals surface area contributed by atoms with E-state index < -0.39 is 0 Å². The molecule has 0 N–H and O–H groups in total. The summed E-state index contributed by atoms with van der Waals surface area (Å²) in [6.45, 7) is 12.5. The van der Waals surface area contributed by atoms with Crippen molar-refractivity contribution in [1.29, 1.82) is 0 Å². The normalized spacial score (nSPS) is 51.5. The monoisotopic (exact) mass is 314 g/mol. The molecule has 4 aliphatic rings. The Morgan fingerprint density at radius 3 is 2.43 bits per heavy atom. The van der Waals surface area contributed by atoms with Crippen molar-refractivity contribution >= 4 is 5.78 Å². The summed E-state index contributed by atoms with van der Waals surface area (Å²) in [5.74, 6) is 3.54. The van der Waals surface area contributed by atoms with E-state index in [0.717, 1.165) is 24.2 Å². The highest BCUT2D eigenvalue weighted by molar-refractivity contribution is 5.92. The third-order valence-electron chi connectivity index (χ3n) is 9.53. The largest absolute Gasteiger partial charge is 0.295 e. The molecule has 0 aromatic heterocycles. The fourth-order valence-corrected chi connectivity index (χ4v) is 7.44. The summed E-state index contributed by atoms with van der Waals surface area (Å²) in [5, 5.41) is 0. The van der Waals surface area contributed by atoms with Gasteiger partial charge in [-0.15, -0.1) is 0 Å². The van der Waals surface area contributed by atoms with E-state index in [0.29, 0.717) is 27.9 Å². The molecule has 5 unspecified atom stereocenters. The number of rotatable bonds is 0. The van der Waals surface area contributed by atoms with Crippen molar-refractivity contribution in [3.8, 4) is 0 Å². The van der Waals surface area contributed by atoms with Crippen molar-refractivity contribution in [2.45, 2.75) is 79.6 Å². The molecule has 3 saturated carbocycles. The van der Waals surface area contributed by atoms with Gasteiger partial charge >= 0.3 is 0 Å². The highest BCUT2D eigenvalue weighted by Gasteiger charge is 2.62. The molecule has 0 saturated heterocycles. The van der Waals surface area contributed by atoms with Crippen molar-refractivity contribution in [3.05, 3.63) is 11.6 Å². The Morgan fingerprint density at radius 2 is 1.70 bits per heavy atom. The first-order valence-corrected chi connectivity index (χ1v) is 9.94. The van der Waals surface area contributed by atoms with Crippen LogP contribution in [0, 0.1) is 39.9 Å². The van der Waals surface area contributed by atoms with E-state index in [1.54, 1.807) is 0 Å². The number of ketones is 1. The summed E-state index contributed by atoms with van der Waals surface area (Å²) in [6, 6.07) is 0. The number of carbonyl (C=O) groups is 1. The van der Waals surface area contributed by atoms with Crippen molar-refractivity contribution in [3.63, 3.8) is 0 Å². The number of hydrogen-bond acceptors (Lipinski definition) is 1. The van der Waals surface area contributed by atoms with Crippen LogP contribution >= 0.6 is 0 Å². The van der Waals surface area contributed by atoms with E-state index in [1.165, 1.54) is 44.1 Å². The Balaban J connectivity index is 1.73. The van der Waals surface area contributed by atoms with Gasteiger partial charge in [0.25, 0.3) is 0 Å². The Morgan fingerprint density at radius 1 is 1.00 bits per heavy atom. The molecule has 1 heteroatoms. The zero-order chi connectivity index (χ0) is 16.6. The second-order valence-electron chi connectivity index (χ2n) is 10.3. The summed E-state index contributed by atoms with van der Waals surface area (Å²) in [7, 11) is 0. The van der Waals surface area contributed by atoms with Gasteiger partial charge in [-0.3, -0.25) is 4.79 Å². The minimum atomic E-state index is 0.297. The highest BCUT2D eigenvalue weighted by Crippen LogP contribution is 2.70. The van der Waals surface area contributed by atoms with E-state index in [1.807, 2.05) is 6.08 Å². The molecule has 0 aromatic rings. The lowest BCUT2D eigenvalue weighted by Crippen LogP contribution is -2.53. The first-order valence-electron chi connectivity index (χ1n) is 9.94. The van der Waals surface area contributed by atoms with Crippen LogP contribution in [0.25, 0.3) is 0 Å². The molecule has 6 atom stereocenters. The van der Waals surface area contributed by atoms with Crippen LogP contribution in [0.3, 0.4) is 0 Å². The van der Waals surface area contributed by atoms with Gasteiger partial charge in [0, 0.05) is 6.42 Å². The van der Waals surface area contributed by atoms with E-state index in [2.05, 4.69) is 34.6 Å². The molecular formula is C22H34O. The molecule has 0 aliphatic heterocycles. The molecule has 0 spiro atoms. The molecule has 0 radical (unpaired) electrons. The minimum absolute atomic E-state index is 0.297. The number of hydrogen-bond donors (Lipinski definition) is 0. The first-order chi connectivity index (χ1) is 10.7. The standard InChI is InChI=1S/C22H34O/c1-14-12-16(23)13-15-6-7-17-18-8-10-20(2,3)21(18,4)11-9-19(17)22(14,15)5/h13-14,17-19H,6-12H2,1-5H3/t14-,17?,18?,19?,21?,22?/m0/s1. The Labute approximate surface area is 142 Å². The lowest BCUT2D eigenvalue weighted by molar-refractivity contribution is -0.121. The van der Waals surface area contributed by atoms with Gasteiger partial charge in [-0.25, -0.2) is 0 Å². The summed E-state index contributed by atoms with van der Waals surface area (Å²) >= 11 is 0. The molecule has 1 nitrogen and oxygen atoms in total. The average molecular weight is 315 g/mol. The molecular weight excluding hydrogens is 280 g/mol. The summed E-state index contributed by atoms with van der Waals surface area (Å²) in [4.78, 5) is 12.1. The third-order valence-corrected chi connectivity index (χ3v) is 9.53. The SMILES string of the molecule is C[C@H]1CC(=O)C=C2CCC3C(CCC4(C)C3CCC4(C)C)C21C. The van der Waals surface area contributed by atoms with Gasteiger partial charge in [-0.05, 0) is 84.5 Å². The van der Waals surface area contributed by atoms with E-state index >= 15 is 0 Å². The maximum atomic E-state index is 12.1. The van der Waals surface area contributed by atoms with Crippen molar-refractivity contribution in [2.24, 2.45) is 39.9 Å². The molecule has 0 amide bonds. The van der Waals surface area contributed by atoms with Crippen LogP contribution in [-0.2, 0) is 4.79 Å². The molecule has 0 heterocycles. The molecule has 4 aliphatic carbocycles. The third kappa shape index (κ3) is 1.89. The van der Waals surface area contributed by atoms with Gasteiger partial charge in [0.15, 0.2) is 5.78 Å². The van der Waals surface area contributed by atoms with Crippen molar-refractivity contribution in [2.75, 3.05) is 0 Å². The Hall–Kier alpha value is -0.590. The highest BCUT2D eigenvalue weighted by atomic mass is 16.1. The van der Waals surface area contributed by atoms with Gasteiger partial charge in [0.05, 0.1) is 0 Å².